The first-order chi connectivity index (χ1) is 9.99. The monoisotopic (exact) mass is 328 g/mol. The van der Waals surface area contributed by atoms with E-state index >= 15 is 0 Å². The van der Waals surface area contributed by atoms with E-state index in [1.807, 2.05) is 23.1 Å². The molecule has 0 saturated heterocycles. The van der Waals surface area contributed by atoms with Crippen LogP contribution in [-0.4, -0.2) is 34.6 Å². The van der Waals surface area contributed by atoms with Gasteiger partial charge >= 0.3 is 6.03 Å². The fourth-order valence-corrected chi connectivity index (χ4v) is 2.76. The van der Waals surface area contributed by atoms with Crippen molar-refractivity contribution >= 4 is 34.1 Å². The molecule has 0 fully saturated rings. The highest BCUT2D eigenvalue weighted by atomic mass is 35.5. The van der Waals surface area contributed by atoms with Gasteiger partial charge in [0.15, 0.2) is 5.13 Å². The maximum absolute atomic E-state index is 12.1. The van der Waals surface area contributed by atoms with Crippen LogP contribution in [0, 0.1) is 0 Å². The van der Waals surface area contributed by atoms with Crippen LogP contribution in [0.15, 0.2) is 17.6 Å². The topological polar surface area (TPSA) is 59.4 Å². The van der Waals surface area contributed by atoms with Crippen molar-refractivity contribution in [3.8, 4) is 0 Å². The standard InChI is InChI=1S/C13H17ClN4O2S/c1-17-5-9(14)4-11(17)6-18(2)13(19)16-12-15-10(7-20-3)8-21-12/h4-5,8H,6-7H2,1-3H3,(H,15,16,19). The summed E-state index contributed by atoms with van der Waals surface area (Å²) in [5, 5.41) is 5.84. The smallest absolute Gasteiger partial charge is 0.323 e. The molecule has 0 radical (unpaired) electrons. The summed E-state index contributed by atoms with van der Waals surface area (Å²) in [6.45, 7) is 0.898. The Bertz CT molecular complexity index is 625. The lowest BCUT2D eigenvalue weighted by Gasteiger charge is -2.17. The predicted octanol–water partition coefficient (Wildman–Crippen LogP) is 2.95. The summed E-state index contributed by atoms with van der Waals surface area (Å²) in [6.07, 6.45) is 1.81. The number of aryl methyl sites for hydroxylation is 1. The van der Waals surface area contributed by atoms with Crippen LogP contribution in [-0.2, 0) is 24.9 Å². The molecule has 21 heavy (non-hydrogen) atoms. The van der Waals surface area contributed by atoms with E-state index in [0.717, 1.165) is 11.4 Å². The van der Waals surface area contributed by atoms with Gasteiger partial charge in [-0.1, -0.05) is 11.6 Å². The molecule has 0 unspecified atom stereocenters. The van der Waals surface area contributed by atoms with Gasteiger partial charge < -0.3 is 14.2 Å². The number of aromatic nitrogens is 2. The van der Waals surface area contributed by atoms with Gasteiger partial charge in [0, 0.05) is 38.5 Å². The SMILES string of the molecule is COCc1csc(NC(=O)N(C)Cc2cc(Cl)cn2C)n1. The van der Waals surface area contributed by atoms with Gasteiger partial charge in [0.05, 0.1) is 23.9 Å². The van der Waals surface area contributed by atoms with Crippen molar-refractivity contribution in [2.75, 3.05) is 19.5 Å². The number of thiazole rings is 1. The fourth-order valence-electron chi connectivity index (χ4n) is 1.80. The van der Waals surface area contributed by atoms with E-state index in [2.05, 4.69) is 10.3 Å². The summed E-state index contributed by atoms with van der Waals surface area (Å²) >= 11 is 7.30. The summed E-state index contributed by atoms with van der Waals surface area (Å²) < 4.78 is 6.89. The summed E-state index contributed by atoms with van der Waals surface area (Å²) in [4.78, 5) is 17.9. The number of ether oxygens (including phenoxy) is 1. The van der Waals surface area contributed by atoms with Crippen molar-refractivity contribution in [1.29, 1.82) is 0 Å². The Morgan fingerprint density at radius 1 is 1.62 bits per heavy atom. The first-order valence-corrected chi connectivity index (χ1v) is 7.51. The van der Waals surface area contributed by atoms with Crippen LogP contribution in [0.5, 0.6) is 0 Å². The molecule has 0 aromatic carbocycles. The molecule has 2 rings (SSSR count). The number of methoxy groups -OCH3 is 1. The molecular weight excluding hydrogens is 312 g/mol. The molecule has 114 valence electrons. The lowest BCUT2D eigenvalue weighted by molar-refractivity contribution is 0.182. The maximum atomic E-state index is 12.1. The lowest BCUT2D eigenvalue weighted by atomic mass is 10.4. The summed E-state index contributed by atoms with van der Waals surface area (Å²) in [5.41, 5.74) is 1.76. The summed E-state index contributed by atoms with van der Waals surface area (Å²) in [6, 6.07) is 1.62. The highest BCUT2D eigenvalue weighted by molar-refractivity contribution is 7.13. The Labute approximate surface area is 132 Å². The second-order valence-electron chi connectivity index (χ2n) is 4.62. The van der Waals surface area contributed by atoms with Crippen LogP contribution in [0.25, 0.3) is 0 Å². The number of amides is 2. The van der Waals surface area contributed by atoms with Crippen LogP contribution >= 0.6 is 22.9 Å². The third-order valence-electron chi connectivity index (χ3n) is 2.88. The molecule has 0 aliphatic rings. The number of nitrogens with zero attached hydrogens (tertiary/aromatic N) is 3. The Morgan fingerprint density at radius 3 is 3.00 bits per heavy atom. The second kappa shape index (κ2) is 6.93. The van der Waals surface area contributed by atoms with E-state index in [-0.39, 0.29) is 6.03 Å². The van der Waals surface area contributed by atoms with E-state index in [1.54, 1.807) is 25.3 Å². The molecule has 0 aliphatic heterocycles. The van der Waals surface area contributed by atoms with Gasteiger partial charge in [0.2, 0.25) is 0 Å². The molecule has 2 aromatic rings. The number of rotatable bonds is 5. The Kier molecular flexibility index (Phi) is 5.22. The number of hydrogen-bond donors (Lipinski definition) is 1. The molecule has 6 nitrogen and oxygen atoms in total. The average Bonchev–Trinajstić information content (AvgIpc) is 2.97. The quantitative estimate of drug-likeness (QED) is 0.918. The van der Waals surface area contributed by atoms with Crippen molar-refractivity contribution in [2.24, 2.45) is 7.05 Å². The average molecular weight is 329 g/mol. The summed E-state index contributed by atoms with van der Waals surface area (Å²) in [5.74, 6) is 0. The number of anilines is 1. The molecule has 2 heterocycles. The maximum Gasteiger partial charge on any atom is 0.323 e. The normalized spacial score (nSPS) is 10.7. The van der Waals surface area contributed by atoms with Crippen LogP contribution in [0.4, 0.5) is 9.93 Å². The summed E-state index contributed by atoms with van der Waals surface area (Å²) in [7, 11) is 5.22. The first kappa shape index (κ1) is 15.8. The molecule has 0 spiro atoms. The van der Waals surface area contributed by atoms with Crippen LogP contribution in [0.3, 0.4) is 0 Å². The van der Waals surface area contributed by atoms with E-state index in [4.69, 9.17) is 16.3 Å². The molecule has 8 heteroatoms. The number of carbonyl (C=O) groups is 1. The molecule has 2 aromatic heterocycles. The van der Waals surface area contributed by atoms with Crippen molar-refractivity contribution in [2.45, 2.75) is 13.2 Å². The Hall–Kier alpha value is -1.57. The number of carbonyl (C=O) groups excluding carboxylic acids is 1. The van der Waals surface area contributed by atoms with Gasteiger partial charge in [-0.15, -0.1) is 11.3 Å². The van der Waals surface area contributed by atoms with Crippen LogP contribution in [0.2, 0.25) is 5.02 Å². The van der Waals surface area contributed by atoms with Gasteiger partial charge in [0.1, 0.15) is 0 Å². The molecule has 0 saturated carbocycles. The minimum Gasteiger partial charge on any atom is -0.378 e. The Balaban J connectivity index is 1.94. The first-order valence-electron chi connectivity index (χ1n) is 6.25. The van der Waals surface area contributed by atoms with Crippen LogP contribution in [0.1, 0.15) is 11.4 Å². The zero-order chi connectivity index (χ0) is 15.4. The van der Waals surface area contributed by atoms with Crippen molar-refractivity contribution in [1.82, 2.24) is 14.5 Å². The van der Waals surface area contributed by atoms with Crippen molar-refractivity contribution < 1.29 is 9.53 Å². The van der Waals surface area contributed by atoms with E-state index in [0.29, 0.717) is 23.3 Å². The number of halogens is 1. The van der Waals surface area contributed by atoms with Gasteiger partial charge in [-0.25, -0.2) is 9.78 Å². The zero-order valence-corrected chi connectivity index (χ0v) is 13.7. The third-order valence-corrected chi connectivity index (χ3v) is 3.89. The van der Waals surface area contributed by atoms with Gasteiger partial charge in [0.25, 0.3) is 0 Å². The largest absolute Gasteiger partial charge is 0.378 e. The van der Waals surface area contributed by atoms with Gasteiger partial charge in [-0.3, -0.25) is 5.32 Å². The van der Waals surface area contributed by atoms with Gasteiger partial charge in [-0.05, 0) is 6.07 Å². The van der Waals surface area contributed by atoms with E-state index in [1.165, 1.54) is 11.3 Å². The van der Waals surface area contributed by atoms with E-state index < -0.39 is 0 Å². The number of nitrogens with one attached hydrogen (secondary N) is 1. The molecule has 0 bridgehead atoms. The van der Waals surface area contributed by atoms with E-state index in [9.17, 15) is 4.79 Å². The molecule has 1 N–H and O–H groups in total. The van der Waals surface area contributed by atoms with Gasteiger partial charge in [-0.2, -0.15) is 0 Å². The number of urea groups is 1. The third kappa shape index (κ3) is 4.20. The lowest BCUT2D eigenvalue weighted by Crippen LogP contribution is -2.31. The minimum atomic E-state index is -0.217. The molecular formula is C13H17ClN4O2S. The fraction of sp³-hybridized carbons (Fsp3) is 0.385. The van der Waals surface area contributed by atoms with Crippen LogP contribution < -0.4 is 5.32 Å². The predicted molar refractivity (Wildman–Crippen MR) is 83.7 cm³/mol. The minimum absolute atomic E-state index is 0.217. The molecule has 2 amide bonds. The molecule has 0 atom stereocenters. The van der Waals surface area contributed by atoms with Crippen molar-refractivity contribution in [3.05, 3.63) is 34.1 Å². The zero-order valence-electron chi connectivity index (χ0n) is 12.1. The highest BCUT2D eigenvalue weighted by Gasteiger charge is 2.13. The molecule has 0 aliphatic carbocycles. The Morgan fingerprint density at radius 2 is 2.38 bits per heavy atom. The highest BCUT2D eigenvalue weighted by Crippen LogP contribution is 2.17. The van der Waals surface area contributed by atoms with Crippen molar-refractivity contribution in [3.63, 3.8) is 0 Å². The second-order valence-corrected chi connectivity index (χ2v) is 5.92. The number of hydrogen-bond acceptors (Lipinski definition) is 4.